The summed E-state index contributed by atoms with van der Waals surface area (Å²) in [6.07, 6.45) is 1.34. The van der Waals surface area contributed by atoms with Gasteiger partial charge in [-0.3, -0.25) is 0 Å². The molecule has 5 heteroatoms. The van der Waals surface area contributed by atoms with E-state index in [1.807, 2.05) is 19.9 Å². The average molecular weight is 283 g/mol. The Hall–Kier alpha value is -0.910. The van der Waals surface area contributed by atoms with Crippen LogP contribution < -0.4 is 0 Å². The largest absolute Gasteiger partial charge is 0.389 e. The average Bonchev–Trinajstić information content (AvgIpc) is 2.31. The zero-order valence-electron chi connectivity index (χ0n) is 11.7. The molecule has 1 aromatic rings. The lowest BCUT2D eigenvalue weighted by Crippen LogP contribution is -2.48. The van der Waals surface area contributed by atoms with Crippen molar-refractivity contribution in [2.45, 2.75) is 44.1 Å². The van der Waals surface area contributed by atoms with Crippen LogP contribution in [0.4, 0.5) is 0 Å². The second-order valence-electron chi connectivity index (χ2n) is 5.69. The van der Waals surface area contributed by atoms with Crippen LogP contribution in [-0.2, 0) is 10.0 Å². The molecule has 0 saturated carbocycles. The second-order valence-corrected chi connectivity index (χ2v) is 7.62. The molecule has 1 unspecified atom stereocenters. The molecule has 0 amide bonds. The number of sulfonamides is 1. The van der Waals surface area contributed by atoms with Crippen LogP contribution in [0, 0.1) is 13.8 Å². The first kappa shape index (κ1) is 14.5. The molecule has 19 heavy (non-hydrogen) atoms. The van der Waals surface area contributed by atoms with E-state index in [1.54, 1.807) is 19.1 Å². The Morgan fingerprint density at radius 1 is 1.26 bits per heavy atom. The van der Waals surface area contributed by atoms with Gasteiger partial charge in [-0.2, -0.15) is 4.31 Å². The van der Waals surface area contributed by atoms with E-state index in [1.165, 1.54) is 4.31 Å². The molecule has 1 aliphatic heterocycles. The van der Waals surface area contributed by atoms with Gasteiger partial charge in [0.05, 0.1) is 10.5 Å². The monoisotopic (exact) mass is 283 g/mol. The summed E-state index contributed by atoms with van der Waals surface area (Å²) in [5.41, 5.74) is 1.11. The van der Waals surface area contributed by atoms with Crippen molar-refractivity contribution in [3.05, 3.63) is 29.3 Å². The van der Waals surface area contributed by atoms with Gasteiger partial charge in [0.15, 0.2) is 0 Å². The molecule has 106 valence electrons. The topological polar surface area (TPSA) is 57.6 Å². The maximum Gasteiger partial charge on any atom is 0.243 e. The third-order valence-electron chi connectivity index (χ3n) is 3.76. The van der Waals surface area contributed by atoms with E-state index in [2.05, 4.69) is 0 Å². The number of benzene rings is 1. The molecular formula is C14H21NO3S. The highest BCUT2D eigenvalue weighted by Gasteiger charge is 2.35. The van der Waals surface area contributed by atoms with Crippen molar-refractivity contribution < 1.29 is 13.5 Å². The molecule has 1 heterocycles. The van der Waals surface area contributed by atoms with Gasteiger partial charge in [0.25, 0.3) is 0 Å². The first-order valence-electron chi connectivity index (χ1n) is 6.52. The van der Waals surface area contributed by atoms with Crippen molar-refractivity contribution in [1.29, 1.82) is 0 Å². The summed E-state index contributed by atoms with van der Waals surface area (Å²) in [4.78, 5) is 0.313. The molecular weight excluding hydrogens is 262 g/mol. The predicted octanol–water partition coefficient (Wildman–Crippen LogP) is 1.84. The van der Waals surface area contributed by atoms with Gasteiger partial charge in [-0.05, 0) is 56.9 Å². The molecule has 0 aromatic heterocycles. The molecule has 1 aromatic carbocycles. The first-order valence-corrected chi connectivity index (χ1v) is 7.96. The maximum absolute atomic E-state index is 12.6. The fraction of sp³-hybridized carbons (Fsp3) is 0.571. The quantitative estimate of drug-likeness (QED) is 0.901. The van der Waals surface area contributed by atoms with E-state index in [9.17, 15) is 13.5 Å². The molecule has 0 bridgehead atoms. The number of rotatable bonds is 2. The Kier molecular flexibility index (Phi) is 3.73. The molecule has 1 atom stereocenters. The van der Waals surface area contributed by atoms with E-state index in [0.717, 1.165) is 11.1 Å². The summed E-state index contributed by atoms with van der Waals surface area (Å²) in [6, 6.07) is 5.17. The molecule has 0 aliphatic carbocycles. The van der Waals surface area contributed by atoms with E-state index < -0.39 is 15.6 Å². The number of piperidine rings is 1. The summed E-state index contributed by atoms with van der Waals surface area (Å²) in [7, 11) is -3.50. The van der Waals surface area contributed by atoms with E-state index in [0.29, 0.717) is 24.3 Å². The Morgan fingerprint density at radius 2 is 1.95 bits per heavy atom. The van der Waals surface area contributed by atoms with E-state index in [-0.39, 0.29) is 6.54 Å². The van der Waals surface area contributed by atoms with Gasteiger partial charge in [0.1, 0.15) is 0 Å². The molecule has 4 nitrogen and oxygen atoms in total. The fourth-order valence-corrected chi connectivity index (χ4v) is 4.08. The number of β-amino-alcohol motifs (C(OH)–C–C–N with tert-alkyl or cyclic N) is 1. The fourth-order valence-electron chi connectivity index (χ4n) is 2.40. The normalized spacial score (nSPS) is 25.5. The number of aliphatic hydroxyl groups is 1. The lowest BCUT2D eigenvalue weighted by Gasteiger charge is -2.36. The lowest BCUT2D eigenvalue weighted by molar-refractivity contribution is 0.00940. The molecule has 1 aliphatic rings. The minimum absolute atomic E-state index is 0.169. The lowest BCUT2D eigenvalue weighted by atomic mass is 9.97. The van der Waals surface area contributed by atoms with E-state index in [4.69, 9.17) is 0 Å². The number of hydrogen-bond acceptors (Lipinski definition) is 3. The van der Waals surface area contributed by atoms with Gasteiger partial charge >= 0.3 is 0 Å². The van der Waals surface area contributed by atoms with Crippen LogP contribution in [0.25, 0.3) is 0 Å². The maximum atomic E-state index is 12.6. The highest BCUT2D eigenvalue weighted by molar-refractivity contribution is 7.89. The van der Waals surface area contributed by atoms with Crippen molar-refractivity contribution in [1.82, 2.24) is 4.31 Å². The van der Waals surface area contributed by atoms with Gasteiger partial charge in [-0.15, -0.1) is 0 Å². The van der Waals surface area contributed by atoms with E-state index >= 15 is 0 Å². The first-order chi connectivity index (χ1) is 8.72. The number of aryl methyl sites for hydroxylation is 2. The Balaban J connectivity index is 2.34. The van der Waals surface area contributed by atoms with Gasteiger partial charge in [0, 0.05) is 13.1 Å². The zero-order valence-corrected chi connectivity index (χ0v) is 12.5. The van der Waals surface area contributed by atoms with Gasteiger partial charge in [-0.25, -0.2) is 8.42 Å². The van der Waals surface area contributed by atoms with Crippen LogP contribution in [-0.4, -0.2) is 36.5 Å². The van der Waals surface area contributed by atoms with Crippen molar-refractivity contribution in [3.63, 3.8) is 0 Å². The summed E-state index contributed by atoms with van der Waals surface area (Å²) >= 11 is 0. The summed E-state index contributed by atoms with van der Waals surface area (Å²) in [5.74, 6) is 0. The predicted molar refractivity (Wildman–Crippen MR) is 74.5 cm³/mol. The summed E-state index contributed by atoms with van der Waals surface area (Å²) < 4.78 is 26.5. The Labute approximate surface area is 115 Å². The minimum atomic E-state index is -3.50. The molecule has 0 spiro atoms. The molecule has 1 saturated heterocycles. The van der Waals surface area contributed by atoms with Gasteiger partial charge in [0.2, 0.25) is 10.0 Å². The highest BCUT2D eigenvalue weighted by Crippen LogP contribution is 2.26. The van der Waals surface area contributed by atoms with Gasteiger partial charge in [-0.1, -0.05) is 6.07 Å². The third-order valence-corrected chi connectivity index (χ3v) is 5.60. The molecule has 1 N–H and O–H groups in total. The molecule has 0 radical (unpaired) electrons. The molecule has 2 rings (SSSR count). The van der Waals surface area contributed by atoms with Crippen LogP contribution in [0.3, 0.4) is 0 Å². The van der Waals surface area contributed by atoms with Crippen LogP contribution in [0.15, 0.2) is 23.1 Å². The smallest absolute Gasteiger partial charge is 0.243 e. The van der Waals surface area contributed by atoms with Crippen LogP contribution in [0.1, 0.15) is 30.9 Å². The van der Waals surface area contributed by atoms with Crippen molar-refractivity contribution >= 4 is 10.0 Å². The van der Waals surface area contributed by atoms with Crippen molar-refractivity contribution in [2.75, 3.05) is 13.1 Å². The second kappa shape index (κ2) is 4.89. The molecule has 1 fully saturated rings. The van der Waals surface area contributed by atoms with Crippen LogP contribution >= 0.6 is 0 Å². The van der Waals surface area contributed by atoms with Crippen LogP contribution in [0.2, 0.25) is 0 Å². The van der Waals surface area contributed by atoms with Crippen molar-refractivity contribution in [2.24, 2.45) is 0 Å². The van der Waals surface area contributed by atoms with Gasteiger partial charge < -0.3 is 5.11 Å². The SMILES string of the molecule is Cc1ccc(S(=O)(=O)N2CCCC(C)(O)C2)cc1C. The highest BCUT2D eigenvalue weighted by atomic mass is 32.2. The minimum Gasteiger partial charge on any atom is -0.389 e. The Morgan fingerprint density at radius 3 is 2.53 bits per heavy atom. The number of hydrogen-bond donors (Lipinski definition) is 1. The number of nitrogens with zero attached hydrogens (tertiary/aromatic N) is 1. The van der Waals surface area contributed by atoms with Crippen molar-refractivity contribution in [3.8, 4) is 0 Å². The summed E-state index contributed by atoms with van der Waals surface area (Å²) in [5, 5.41) is 10.0. The Bertz CT molecular complexity index is 578. The standard InChI is InChI=1S/C14H21NO3S/c1-11-5-6-13(9-12(11)2)19(17,18)15-8-4-7-14(3,16)10-15/h5-6,9,16H,4,7-8,10H2,1-3H3. The van der Waals surface area contributed by atoms with Crippen LogP contribution in [0.5, 0.6) is 0 Å². The summed E-state index contributed by atoms with van der Waals surface area (Å²) in [6.45, 7) is 6.20. The third kappa shape index (κ3) is 2.99. The zero-order chi connectivity index (χ0) is 14.3.